The average molecular weight is 295 g/mol. The second kappa shape index (κ2) is 7.73. The predicted octanol–water partition coefficient (Wildman–Crippen LogP) is 1.61. The van der Waals surface area contributed by atoms with Crippen LogP contribution in [0.5, 0.6) is 0 Å². The van der Waals surface area contributed by atoms with Gasteiger partial charge in [0.05, 0.1) is 12.6 Å². The predicted molar refractivity (Wildman–Crippen MR) is 80.4 cm³/mol. The summed E-state index contributed by atoms with van der Waals surface area (Å²) in [5.74, 6) is -0.737. The van der Waals surface area contributed by atoms with Crippen molar-refractivity contribution in [1.29, 1.82) is 0 Å². The van der Waals surface area contributed by atoms with Gasteiger partial charge in [-0.05, 0) is 52.1 Å². The minimum Gasteiger partial charge on any atom is -0.353 e. The Bertz CT molecular complexity index is 488. The second-order valence-electron chi connectivity index (χ2n) is 5.31. The Hall–Kier alpha value is -1.95. The molecule has 0 spiro atoms. The molecule has 2 N–H and O–H groups in total. The monoisotopic (exact) mass is 295 g/mol. The number of amides is 2. The van der Waals surface area contributed by atoms with Gasteiger partial charge in [-0.1, -0.05) is 0 Å². The molecule has 0 aliphatic carbocycles. The molecule has 0 radical (unpaired) electrons. The first-order valence-corrected chi connectivity index (χ1v) is 6.85. The Morgan fingerprint density at radius 3 is 2.29 bits per heavy atom. The van der Waals surface area contributed by atoms with Gasteiger partial charge in [0.1, 0.15) is 5.82 Å². The summed E-state index contributed by atoms with van der Waals surface area (Å²) in [6.45, 7) is 5.60. The summed E-state index contributed by atoms with van der Waals surface area (Å²) >= 11 is 0. The number of hydrogen-bond acceptors (Lipinski definition) is 3. The van der Waals surface area contributed by atoms with Crippen LogP contribution in [-0.2, 0) is 9.59 Å². The van der Waals surface area contributed by atoms with E-state index >= 15 is 0 Å². The number of halogens is 1. The lowest BCUT2D eigenvalue weighted by molar-refractivity contribution is -0.125. The van der Waals surface area contributed by atoms with Crippen molar-refractivity contribution < 1.29 is 14.0 Å². The molecule has 0 bridgehead atoms. The molecule has 2 amide bonds. The first-order valence-electron chi connectivity index (χ1n) is 6.85. The Kier molecular flexibility index (Phi) is 6.30. The summed E-state index contributed by atoms with van der Waals surface area (Å²) in [5.41, 5.74) is 0.522. The number of rotatable bonds is 6. The molecule has 0 saturated carbocycles. The van der Waals surface area contributed by atoms with E-state index in [0.29, 0.717) is 5.69 Å². The van der Waals surface area contributed by atoms with Crippen LogP contribution >= 0.6 is 0 Å². The summed E-state index contributed by atoms with van der Waals surface area (Å²) in [6, 6.07) is 5.12. The molecule has 0 aliphatic heterocycles. The van der Waals surface area contributed by atoms with Crippen molar-refractivity contribution in [3.05, 3.63) is 30.1 Å². The Morgan fingerprint density at radius 2 is 1.76 bits per heavy atom. The van der Waals surface area contributed by atoms with Crippen molar-refractivity contribution in [2.24, 2.45) is 0 Å². The zero-order chi connectivity index (χ0) is 16.0. The average Bonchev–Trinajstić information content (AvgIpc) is 2.39. The molecule has 0 fully saturated rings. The maximum atomic E-state index is 12.8. The number of hydrogen-bond donors (Lipinski definition) is 2. The quantitative estimate of drug-likeness (QED) is 0.838. The molecular weight excluding hydrogens is 273 g/mol. The first kappa shape index (κ1) is 17.1. The maximum absolute atomic E-state index is 12.8. The van der Waals surface area contributed by atoms with Crippen LogP contribution in [0.3, 0.4) is 0 Å². The number of benzene rings is 1. The molecule has 0 aliphatic rings. The fourth-order valence-corrected chi connectivity index (χ4v) is 1.71. The summed E-state index contributed by atoms with van der Waals surface area (Å²) < 4.78 is 12.8. The maximum Gasteiger partial charge on any atom is 0.241 e. The van der Waals surface area contributed by atoms with Crippen LogP contribution in [0.2, 0.25) is 0 Å². The lowest BCUT2D eigenvalue weighted by Gasteiger charge is -2.23. The van der Waals surface area contributed by atoms with E-state index in [4.69, 9.17) is 0 Å². The van der Waals surface area contributed by atoms with Crippen molar-refractivity contribution in [1.82, 2.24) is 10.2 Å². The molecule has 6 heteroatoms. The van der Waals surface area contributed by atoms with Gasteiger partial charge in [-0.15, -0.1) is 0 Å². The van der Waals surface area contributed by atoms with Crippen molar-refractivity contribution >= 4 is 17.5 Å². The molecule has 1 aromatic carbocycles. The van der Waals surface area contributed by atoms with Crippen molar-refractivity contribution in [3.8, 4) is 0 Å². The number of likely N-dealkylation sites (N-methyl/N-ethyl adjacent to an activating group) is 1. The number of nitrogens with one attached hydrogen (secondary N) is 2. The number of nitrogens with zero attached hydrogens (tertiary/aromatic N) is 1. The van der Waals surface area contributed by atoms with Crippen LogP contribution in [0.15, 0.2) is 24.3 Å². The van der Waals surface area contributed by atoms with Crippen LogP contribution in [0.1, 0.15) is 20.8 Å². The molecule has 21 heavy (non-hydrogen) atoms. The highest BCUT2D eigenvalue weighted by Crippen LogP contribution is 2.09. The third kappa shape index (κ3) is 5.91. The van der Waals surface area contributed by atoms with E-state index in [-0.39, 0.29) is 30.2 Å². The highest BCUT2D eigenvalue weighted by Gasteiger charge is 2.20. The lowest BCUT2D eigenvalue weighted by atomic mass is 10.2. The molecule has 0 saturated heterocycles. The van der Waals surface area contributed by atoms with Crippen LogP contribution in [-0.4, -0.2) is 42.4 Å². The van der Waals surface area contributed by atoms with Gasteiger partial charge in [0.2, 0.25) is 11.8 Å². The highest BCUT2D eigenvalue weighted by atomic mass is 19.1. The van der Waals surface area contributed by atoms with Crippen molar-refractivity contribution in [2.75, 3.05) is 18.9 Å². The largest absolute Gasteiger partial charge is 0.353 e. The van der Waals surface area contributed by atoms with Crippen LogP contribution in [0.4, 0.5) is 10.1 Å². The van der Waals surface area contributed by atoms with E-state index in [2.05, 4.69) is 10.6 Å². The smallest absolute Gasteiger partial charge is 0.241 e. The van der Waals surface area contributed by atoms with Crippen molar-refractivity contribution in [3.63, 3.8) is 0 Å². The molecule has 1 aromatic rings. The standard InChI is InChI=1S/C15H22FN3O2/c1-10(2)17-14(20)9-19(4)11(3)15(21)18-13-7-5-12(16)6-8-13/h5-8,10-11H,9H2,1-4H3,(H,17,20)(H,18,21)/t11-/m0/s1. The molecule has 1 atom stereocenters. The van der Waals surface area contributed by atoms with E-state index in [1.54, 1.807) is 18.9 Å². The second-order valence-corrected chi connectivity index (χ2v) is 5.31. The molecule has 0 heterocycles. The van der Waals surface area contributed by atoms with Gasteiger partial charge < -0.3 is 10.6 Å². The minimum atomic E-state index is -0.479. The normalized spacial score (nSPS) is 12.3. The van der Waals surface area contributed by atoms with Gasteiger partial charge in [-0.25, -0.2) is 4.39 Å². The Balaban J connectivity index is 2.53. The SMILES string of the molecule is CC(C)NC(=O)CN(C)[C@@H](C)C(=O)Nc1ccc(F)cc1. The van der Waals surface area contributed by atoms with Gasteiger partial charge >= 0.3 is 0 Å². The van der Waals surface area contributed by atoms with Gasteiger partial charge in [0.15, 0.2) is 0 Å². The molecule has 0 unspecified atom stereocenters. The molecule has 0 aromatic heterocycles. The van der Waals surface area contributed by atoms with E-state index in [0.717, 1.165) is 0 Å². The number of anilines is 1. The van der Waals surface area contributed by atoms with Gasteiger partial charge in [0, 0.05) is 11.7 Å². The summed E-state index contributed by atoms with van der Waals surface area (Å²) in [6.07, 6.45) is 0. The van der Waals surface area contributed by atoms with Gasteiger partial charge in [0.25, 0.3) is 0 Å². The van der Waals surface area contributed by atoms with E-state index in [1.807, 2.05) is 13.8 Å². The van der Waals surface area contributed by atoms with E-state index < -0.39 is 6.04 Å². The van der Waals surface area contributed by atoms with Gasteiger partial charge in [-0.3, -0.25) is 14.5 Å². The summed E-state index contributed by atoms with van der Waals surface area (Å²) in [7, 11) is 1.70. The molecular formula is C15H22FN3O2. The van der Waals surface area contributed by atoms with Crippen LogP contribution in [0, 0.1) is 5.82 Å². The topological polar surface area (TPSA) is 61.4 Å². The molecule has 5 nitrogen and oxygen atoms in total. The minimum absolute atomic E-state index is 0.0641. The Labute approximate surface area is 124 Å². The highest BCUT2D eigenvalue weighted by molar-refractivity contribution is 5.94. The fraction of sp³-hybridized carbons (Fsp3) is 0.467. The fourth-order valence-electron chi connectivity index (χ4n) is 1.71. The zero-order valence-corrected chi connectivity index (χ0v) is 12.8. The molecule has 116 valence electrons. The number of carbonyl (C=O) groups excluding carboxylic acids is 2. The summed E-state index contributed by atoms with van der Waals surface area (Å²) in [4.78, 5) is 25.4. The third-order valence-electron chi connectivity index (χ3n) is 3.00. The zero-order valence-electron chi connectivity index (χ0n) is 12.8. The van der Waals surface area contributed by atoms with Crippen LogP contribution in [0.25, 0.3) is 0 Å². The molecule has 1 rings (SSSR count). The van der Waals surface area contributed by atoms with E-state index in [1.165, 1.54) is 24.3 Å². The third-order valence-corrected chi connectivity index (χ3v) is 3.00. The Morgan fingerprint density at radius 1 is 1.19 bits per heavy atom. The van der Waals surface area contributed by atoms with E-state index in [9.17, 15) is 14.0 Å². The number of carbonyl (C=O) groups is 2. The van der Waals surface area contributed by atoms with Crippen molar-refractivity contribution in [2.45, 2.75) is 32.9 Å². The summed E-state index contributed by atoms with van der Waals surface area (Å²) in [5, 5.41) is 5.45. The first-order chi connectivity index (χ1) is 9.79. The van der Waals surface area contributed by atoms with Crippen LogP contribution < -0.4 is 10.6 Å². The van der Waals surface area contributed by atoms with Gasteiger partial charge in [-0.2, -0.15) is 0 Å². The lowest BCUT2D eigenvalue weighted by Crippen LogP contribution is -2.45.